The Bertz CT molecular complexity index is 1440. The van der Waals surface area contributed by atoms with Crippen LogP contribution in [0, 0.1) is 0 Å². The van der Waals surface area contributed by atoms with E-state index < -0.39 is 5.60 Å². The van der Waals surface area contributed by atoms with Crippen LogP contribution < -0.4 is 10.2 Å². The fourth-order valence-corrected chi connectivity index (χ4v) is 6.43. The molecule has 0 atom stereocenters. The first-order valence-electron chi connectivity index (χ1n) is 14.7. The van der Waals surface area contributed by atoms with Gasteiger partial charge in [0.15, 0.2) is 5.60 Å². The van der Waals surface area contributed by atoms with Gasteiger partial charge in [0.1, 0.15) is 0 Å². The normalized spacial score (nSPS) is 16.1. The lowest BCUT2D eigenvalue weighted by molar-refractivity contribution is 0.0329. The monoisotopic (exact) mass is 537 g/mol. The molecule has 40 heavy (non-hydrogen) atoms. The van der Waals surface area contributed by atoms with Crippen LogP contribution in [0.2, 0.25) is 0 Å². The Balaban J connectivity index is 1.11. The quantitative estimate of drug-likeness (QED) is 0.268. The summed E-state index contributed by atoms with van der Waals surface area (Å²) in [4.78, 5) is 22.8. The Hall–Kier alpha value is -3.84. The highest BCUT2D eigenvalue weighted by atomic mass is 16.6. The zero-order valence-electron chi connectivity index (χ0n) is 23.6. The van der Waals surface area contributed by atoms with E-state index in [0.29, 0.717) is 6.54 Å². The van der Waals surface area contributed by atoms with Crippen LogP contribution in [0.1, 0.15) is 43.7 Å². The molecule has 2 heterocycles. The minimum atomic E-state index is -0.760. The third kappa shape index (κ3) is 4.83. The van der Waals surface area contributed by atoms with Crippen molar-refractivity contribution in [2.24, 2.45) is 7.05 Å². The summed E-state index contributed by atoms with van der Waals surface area (Å²) in [6, 6.07) is 25.1. The summed E-state index contributed by atoms with van der Waals surface area (Å²) in [5, 5.41) is 2.94. The zero-order valence-corrected chi connectivity index (χ0v) is 23.6. The van der Waals surface area contributed by atoms with Gasteiger partial charge in [-0.3, -0.25) is 4.90 Å². The molecule has 1 N–H and O–H groups in total. The molecule has 1 fully saturated rings. The summed E-state index contributed by atoms with van der Waals surface area (Å²) in [5.74, 6) is 1.06. The van der Waals surface area contributed by atoms with Gasteiger partial charge in [0, 0.05) is 50.9 Å². The maximum absolute atomic E-state index is 12.9. The number of ether oxygens (including phenoxy) is 1. The molecule has 0 spiro atoms. The molecule has 6 rings (SSSR count). The van der Waals surface area contributed by atoms with Crippen LogP contribution in [0.25, 0.3) is 22.2 Å². The molecule has 208 valence electrons. The number of anilines is 1. The average molecular weight is 538 g/mol. The number of carbonyl (C=O) groups is 1. The number of nitrogens with one attached hydrogen (secondary N) is 1. The van der Waals surface area contributed by atoms with Gasteiger partial charge >= 0.3 is 6.09 Å². The van der Waals surface area contributed by atoms with E-state index in [1.54, 1.807) is 0 Å². The van der Waals surface area contributed by atoms with Gasteiger partial charge in [-0.1, -0.05) is 67.6 Å². The second kappa shape index (κ2) is 11.3. The fourth-order valence-electron chi connectivity index (χ4n) is 6.43. The topological polar surface area (TPSA) is 62.6 Å². The van der Waals surface area contributed by atoms with Crippen molar-refractivity contribution in [2.45, 2.75) is 38.2 Å². The molecule has 0 unspecified atom stereocenters. The molecule has 0 radical (unpaired) electrons. The number of alkyl carbamates (subject to hydrolysis) is 1. The van der Waals surface area contributed by atoms with Crippen LogP contribution in [-0.2, 0) is 17.4 Å². The van der Waals surface area contributed by atoms with Crippen molar-refractivity contribution in [2.75, 3.05) is 44.2 Å². The Morgan fingerprint density at radius 1 is 0.900 bits per heavy atom. The van der Waals surface area contributed by atoms with Gasteiger partial charge in [-0.25, -0.2) is 9.78 Å². The molecule has 4 aromatic rings. The molecule has 1 saturated heterocycles. The number of piperazine rings is 1. The van der Waals surface area contributed by atoms with Gasteiger partial charge in [-0.2, -0.15) is 0 Å². The first-order chi connectivity index (χ1) is 19.6. The number of carbonyl (C=O) groups excluding carboxylic acids is 1. The highest BCUT2D eigenvalue weighted by Crippen LogP contribution is 2.52. The van der Waals surface area contributed by atoms with Crippen molar-refractivity contribution in [1.29, 1.82) is 0 Å². The van der Waals surface area contributed by atoms with E-state index in [1.807, 2.05) is 6.07 Å². The van der Waals surface area contributed by atoms with E-state index in [9.17, 15) is 4.79 Å². The number of benzene rings is 3. The van der Waals surface area contributed by atoms with Gasteiger partial charge in [0.2, 0.25) is 5.95 Å². The summed E-state index contributed by atoms with van der Waals surface area (Å²) in [5.41, 5.74) is 5.99. The number of amides is 1. The lowest BCUT2D eigenvalue weighted by Gasteiger charge is -2.35. The van der Waals surface area contributed by atoms with Gasteiger partial charge in [-0.15, -0.1) is 0 Å². The number of rotatable bonds is 9. The number of imidazole rings is 1. The summed E-state index contributed by atoms with van der Waals surface area (Å²) < 4.78 is 8.57. The molecule has 1 aromatic heterocycles. The number of para-hydroxylation sites is 2. The number of hydrogen-bond acceptors (Lipinski definition) is 5. The Labute approximate surface area is 236 Å². The summed E-state index contributed by atoms with van der Waals surface area (Å²) in [6.07, 6.45) is 3.32. The van der Waals surface area contributed by atoms with E-state index in [2.05, 4.69) is 100 Å². The van der Waals surface area contributed by atoms with Gasteiger partial charge in [0.25, 0.3) is 0 Å². The summed E-state index contributed by atoms with van der Waals surface area (Å²) in [6.45, 7) is 7.70. The molecular formula is C33H39N5O2. The second-order valence-electron chi connectivity index (χ2n) is 11.0. The molecule has 1 aliphatic heterocycles. The molecule has 1 amide bonds. The number of aryl methyl sites for hydroxylation is 1. The van der Waals surface area contributed by atoms with Crippen LogP contribution in [0.4, 0.5) is 10.7 Å². The second-order valence-corrected chi connectivity index (χ2v) is 11.0. The Kier molecular flexibility index (Phi) is 7.48. The molecule has 7 heteroatoms. The van der Waals surface area contributed by atoms with E-state index in [4.69, 9.17) is 9.72 Å². The predicted octanol–water partition coefficient (Wildman–Crippen LogP) is 5.93. The van der Waals surface area contributed by atoms with Gasteiger partial charge in [-0.05, 0) is 55.5 Å². The van der Waals surface area contributed by atoms with Crippen molar-refractivity contribution in [3.63, 3.8) is 0 Å². The Morgan fingerprint density at radius 2 is 1.55 bits per heavy atom. The largest absolute Gasteiger partial charge is 0.433 e. The van der Waals surface area contributed by atoms with E-state index in [0.717, 1.165) is 81.0 Å². The molecule has 0 bridgehead atoms. The lowest BCUT2D eigenvalue weighted by atomic mass is 9.86. The highest BCUT2D eigenvalue weighted by Gasteiger charge is 2.46. The first kappa shape index (κ1) is 26.4. The Morgan fingerprint density at radius 3 is 2.23 bits per heavy atom. The fraction of sp³-hybridized carbons (Fsp3) is 0.394. The minimum Gasteiger partial charge on any atom is -0.433 e. The van der Waals surface area contributed by atoms with Crippen LogP contribution in [0.15, 0.2) is 72.8 Å². The third-order valence-corrected chi connectivity index (χ3v) is 8.47. The third-order valence-electron chi connectivity index (χ3n) is 8.47. The highest BCUT2D eigenvalue weighted by molar-refractivity contribution is 5.82. The minimum absolute atomic E-state index is 0.341. The molecule has 1 aliphatic carbocycles. The van der Waals surface area contributed by atoms with E-state index >= 15 is 0 Å². The molecule has 2 aliphatic rings. The van der Waals surface area contributed by atoms with Crippen molar-refractivity contribution < 1.29 is 9.53 Å². The maximum atomic E-state index is 12.9. The van der Waals surface area contributed by atoms with Crippen LogP contribution in [0.5, 0.6) is 0 Å². The van der Waals surface area contributed by atoms with E-state index in [-0.39, 0.29) is 6.09 Å². The molecule has 0 saturated carbocycles. The first-order valence-corrected chi connectivity index (χ1v) is 14.7. The number of nitrogens with zero attached hydrogens (tertiary/aromatic N) is 4. The predicted molar refractivity (Wildman–Crippen MR) is 161 cm³/mol. The SMILES string of the molecule is CCCNC(=O)OC1(CCCCN2CCN(c3nc4ccccc4n3C)CC2)c2ccccc2-c2ccccc21. The molecule has 3 aromatic carbocycles. The number of fused-ring (bicyclic) bond motifs is 4. The van der Waals surface area contributed by atoms with Crippen molar-refractivity contribution in [1.82, 2.24) is 19.8 Å². The molecule has 7 nitrogen and oxygen atoms in total. The average Bonchev–Trinajstić information content (AvgIpc) is 3.47. The zero-order chi connectivity index (χ0) is 27.5. The smallest absolute Gasteiger partial charge is 0.408 e. The number of unbranched alkanes of at least 4 members (excludes halogenated alkanes) is 1. The number of hydrogen-bond donors (Lipinski definition) is 1. The maximum Gasteiger partial charge on any atom is 0.408 e. The van der Waals surface area contributed by atoms with Crippen LogP contribution in [-0.4, -0.2) is 59.8 Å². The summed E-state index contributed by atoms with van der Waals surface area (Å²) in [7, 11) is 2.11. The van der Waals surface area contributed by atoms with Crippen LogP contribution in [0.3, 0.4) is 0 Å². The summed E-state index contributed by atoms with van der Waals surface area (Å²) >= 11 is 0. The van der Waals surface area contributed by atoms with Crippen molar-refractivity contribution >= 4 is 23.1 Å². The number of aromatic nitrogens is 2. The standard InChI is InChI=1S/C33H39N5O2/c1-3-19-34-32(39)40-33(27-14-6-4-12-25(27)26-13-5-7-15-28(26)33)18-10-11-20-37-21-23-38(24-22-37)31-35-29-16-8-9-17-30(29)36(31)2/h4-9,12-17H,3,10-11,18-24H2,1-2H3,(H,34,39). The van der Waals surface area contributed by atoms with Crippen molar-refractivity contribution in [3.05, 3.63) is 83.9 Å². The molecular weight excluding hydrogens is 498 g/mol. The van der Waals surface area contributed by atoms with E-state index in [1.165, 1.54) is 16.6 Å². The van der Waals surface area contributed by atoms with Gasteiger partial charge < -0.3 is 19.5 Å². The van der Waals surface area contributed by atoms with Crippen LogP contribution >= 0.6 is 0 Å². The lowest BCUT2D eigenvalue weighted by Crippen LogP contribution is -2.47. The van der Waals surface area contributed by atoms with Crippen molar-refractivity contribution in [3.8, 4) is 11.1 Å². The van der Waals surface area contributed by atoms with Gasteiger partial charge in [0.05, 0.1) is 11.0 Å².